The molecule has 0 aromatic heterocycles. The van der Waals surface area contributed by atoms with Gasteiger partial charge < -0.3 is 9.84 Å². The zero-order valence-corrected chi connectivity index (χ0v) is 15.6. The number of phenolic OH excluding ortho intramolecular Hbond substituents is 1. The molecule has 0 atom stereocenters. The lowest BCUT2D eigenvalue weighted by atomic mass is 10.1. The fraction of sp³-hybridized carbons (Fsp3) is 0.125. The van der Waals surface area contributed by atoms with Crippen molar-refractivity contribution >= 4 is 55.0 Å². The topological polar surface area (TPSA) is 63.6 Å². The number of rotatable bonds is 2. The number of phenols is 1. The Hall–Kier alpha value is -1.37. The Kier molecular flexibility index (Phi) is 6.21. The third-order valence-electron chi connectivity index (χ3n) is 2.98. The van der Waals surface area contributed by atoms with Crippen molar-refractivity contribution in [3.8, 4) is 11.5 Å². The van der Waals surface area contributed by atoms with Crippen LogP contribution in [0.15, 0.2) is 45.3 Å². The monoisotopic (exact) mass is 460 g/mol. The third kappa shape index (κ3) is 4.56. The molecule has 1 aliphatic rings. The fourth-order valence-electron chi connectivity index (χ4n) is 1.88. The molecule has 0 spiro atoms. The number of hydrogen-bond acceptors (Lipinski definition) is 4. The van der Waals surface area contributed by atoms with Crippen LogP contribution in [-0.4, -0.2) is 29.2 Å². The number of alkyl halides is 1. The molecular formula is C16H11Br2ClO4. The van der Waals surface area contributed by atoms with Crippen LogP contribution in [0.2, 0.25) is 0 Å². The van der Waals surface area contributed by atoms with Crippen molar-refractivity contribution in [3.63, 3.8) is 0 Å². The molecule has 0 aliphatic carbocycles. The van der Waals surface area contributed by atoms with E-state index < -0.39 is 0 Å². The molecule has 0 unspecified atom stereocenters. The number of ketones is 2. The van der Waals surface area contributed by atoms with Crippen LogP contribution in [0.4, 0.5) is 0 Å². The summed E-state index contributed by atoms with van der Waals surface area (Å²) in [5.74, 6) is 0.309. The predicted molar refractivity (Wildman–Crippen MR) is 94.8 cm³/mol. The van der Waals surface area contributed by atoms with Gasteiger partial charge in [0.05, 0.1) is 17.0 Å². The Bertz CT molecular complexity index is 762. The van der Waals surface area contributed by atoms with E-state index in [4.69, 9.17) is 16.3 Å². The van der Waals surface area contributed by atoms with E-state index in [1.54, 1.807) is 18.2 Å². The number of ether oxygens (including phenoxy) is 1. The number of hydrogen-bond donors (Lipinski definition) is 1. The standard InChI is InChI=1S/C8H6BrClO2.C8H5BrO2/c9-5-1-2-6(7(11)3-5)8(12)4-10;9-5-1-2-6-7(10)4-11-8(6)3-5/h1-3,11H,4H2;1-3H,4H2. The fourth-order valence-corrected chi connectivity index (χ4v) is 2.71. The molecule has 1 N–H and O–H groups in total. The number of carbonyl (C=O) groups is 2. The number of halogens is 3. The zero-order valence-electron chi connectivity index (χ0n) is 11.7. The zero-order chi connectivity index (χ0) is 17.0. The quantitative estimate of drug-likeness (QED) is 0.523. The summed E-state index contributed by atoms with van der Waals surface area (Å²) in [6.45, 7) is 0.186. The molecule has 7 heteroatoms. The smallest absolute Gasteiger partial charge is 0.203 e. The first-order valence-electron chi connectivity index (χ1n) is 6.45. The molecule has 1 aliphatic heterocycles. The van der Waals surface area contributed by atoms with Gasteiger partial charge in [0.2, 0.25) is 5.78 Å². The summed E-state index contributed by atoms with van der Waals surface area (Å²) in [5, 5.41) is 9.28. The average molecular weight is 463 g/mol. The molecule has 0 saturated heterocycles. The second-order valence-electron chi connectivity index (χ2n) is 4.57. The van der Waals surface area contributed by atoms with Gasteiger partial charge in [-0.2, -0.15) is 0 Å². The van der Waals surface area contributed by atoms with Crippen LogP contribution in [0, 0.1) is 0 Å². The van der Waals surface area contributed by atoms with Crippen molar-refractivity contribution < 1.29 is 19.4 Å². The molecule has 4 nitrogen and oxygen atoms in total. The Balaban J connectivity index is 0.000000167. The van der Waals surface area contributed by atoms with Gasteiger partial charge in [0.25, 0.3) is 0 Å². The van der Waals surface area contributed by atoms with Gasteiger partial charge in [0, 0.05) is 8.95 Å². The molecule has 0 fully saturated rings. The highest BCUT2D eigenvalue weighted by Gasteiger charge is 2.20. The summed E-state index contributed by atoms with van der Waals surface area (Å²) in [4.78, 5) is 22.1. The molecular weight excluding hydrogens is 451 g/mol. The molecule has 120 valence electrons. The van der Waals surface area contributed by atoms with Crippen molar-refractivity contribution in [2.75, 3.05) is 12.5 Å². The van der Waals surface area contributed by atoms with Crippen molar-refractivity contribution in [2.24, 2.45) is 0 Å². The number of Topliss-reactive ketones (excluding diaryl/α,β-unsaturated/α-hetero) is 2. The maximum Gasteiger partial charge on any atom is 0.203 e. The summed E-state index contributed by atoms with van der Waals surface area (Å²) < 4.78 is 6.78. The first kappa shape index (κ1) is 18.0. The third-order valence-corrected chi connectivity index (χ3v) is 4.21. The number of fused-ring (bicyclic) bond motifs is 1. The summed E-state index contributed by atoms with van der Waals surface area (Å²) in [5.41, 5.74) is 0.946. The van der Waals surface area contributed by atoms with Crippen LogP contribution in [0.5, 0.6) is 11.5 Å². The van der Waals surface area contributed by atoms with Gasteiger partial charge >= 0.3 is 0 Å². The largest absolute Gasteiger partial charge is 0.507 e. The highest BCUT2D eigenvalue weighted by molar-refractivity contribution is 9.10. The van der Waals surface area contributed by atoms with Gasteiger partial charge in [-0.15, -0.1) is 11.6 Å². The molecule has 0 amide bonds. The van der Waals surface area contributed by atoms with Gasteiger partial charge in [-0.3, -0.25) is 9.59 Å². The lowest BCUT2D eigenvalue weighted by Gasteiger charge is -2.00. The van der Waals surface area contributed by atoms with Crippen LogP contribution in [0.1, 0.15) is 20.7 Å². The SMILES string of the molecule is O=C(CCl)c1ccc(Br)cc1O.O=C1COc2cc(Br)ccc21. The van der Waals surface area contributed by atoms with Crippen LogP contribution >= 0.6 is 43.5 Å². The van der Waals surface area contributed by atoms with Gasteiger partial charge in [-0.25, -0.2) is 0 Å². The minimum Gasteiger partial charge on any atom is -0.507 e. The van der Waals surface area contributed by atoms with Crippen molar-refractivity contribution in [1.29, 1.82) is 0 Å². The second-order valence-corrected chi connectivity index (χ2v) is 6.67. The molecule has 0 bridgehead atoms. The molecule has 0 radical (unpaired) electrons. The van der Waals surface area contributed by atoms with Crippen LogP contribution in [0.3, 0.4) is 0 Å². The van der Waals surface area contributed by atoms with E-state index in [2.05, 4.69) is 31.9 Å². The Labute approximate surface area is 154 Å². The van der Waals surface area contributed by atoms with E-state index in [0.29, 0.717) is 11.3 Å². The summed E-state index contributed by atoms with van der Waals surface area (Å²) in [6, 6.07) is 10.1. The van der Waals surface area contributed by atoms with Gasteiger partial charge in [0.1, 0.15) is 11.5 Å². The molecule has 3 rings (SSSR count). The highest BCUT2D eigenvalue weighted by Crippen LogP contribution is 2.28. The van der Waals surface area contributed by atoms with Crippen LogP contribution < -0.4 is 4.74 Å². The Morgan fingerprint density at radius 3 is 2.48 bits per heavy atom. The Morgan fingerprint density at radius 2 is 1.83 bits per heavy atom. The molecule has 1 heterocycles. The van der Waals surface area contributed by atoms with Gasteiger partial charge in [-0.1, -0.05) is 31.9 Å². The molecule has 2 aromatic rings. The minimum absolute atomic E-state index is 0.0463. The molecule has 2 aromatic carbocycles. The first-order valence-corrected chi connectivity index (χ1v) is 8.57. The van der Waals surface area contributed by atoms with Crippen LogP contribution in [0.25, 0.3) is 0 Å². The normalized spacial score (nSPS) is 12.0. The average Bonchev–Trinajstić information content (AvgIpc) is 2.88. The first-order chi connectivity index (χ1) is 10.9. The summed E-state index contributed by atoms with van der Waals surface area (Å²) in [6.07, 6.45) is 0. The lowest BCUT2D eigenvalue weighted by Crippen LogP contribution is -1.99. The predicted octanol–water partition coefficient (Wildman–Crippen LogP) is 4.60. The van der Waals surface area contributed by atoms with Gasteiger partial charge in [0.15, 0.2) is 12.4 Å². The summed E-state index contributed by atoms with van der Waals surface area (Å²) >= 11 is 11.8. The van der Waals surface area contributed by atoms with Crippen molar-refractivity contribution in [2.45, 2.75) is 0 Å². The second kappa shape index (κ2) is 7.95. The van der Waals surface area contributed by atoms with Crippen molar-refractivity contribution in [3.05, 3.63) is 56.5 Å². The lowest BCUT2D eigenvalue weighted by molar-refractivity contribution is 0.0960. The highest BCUT2D eigenvalue weighted by atomic mass is 79.9. The number of aromatic hydroxyl groups is 1. The Morgan fingerprint density at radius 1 is 1.17 bits per heavy atom. The summed E-state index contributed by atoms with van der Waals surface area (Å²) in [7, 11) is 0. The van der Waals surface area contributed by atoms with E-state index in [-0.39, 0.29) is 35.4 Å². The maximum atomic E-state index is 11.0. The number of carbonyl (C=O) groups excluding carboxylic acids is 2. The van der Waals surface area contributed by atoms with E-state index >= 15 is 0 Å². The van der Waals surface area contributed by atoms with E-state index in [1.165, 1.54) is 12.1 Å². The molecule has 0 saturated carbocycles. The van der Waals surface area contributed by atoms with E-state index in [0.717, 1.165) is 8.95 Å². The van der Waals surface area contributed by atoms with Gasteiger partial charge in [-0.05, 0) is 36.4 Å². The maximum absolute atomic E-state index is 11.0. The molecule has 23 heavy (non-hydrogen) atoms. The van der Waals surface area contributed by atoms with Crippen LogP contribution in [-0.2, 0) is 0 Å². The van der Waals surface area contributed by atoms with Crippen molar-refractivity contribution in [1.82, 2.24) is 0 Å². The van der Waals surface area contributed by atoms with E-state index in [9.17, 15) is 14.7 Å². The number of benzene rings is 2. The minimum atomic E-state index is -0.276. The van der Waals surface area contributed by atoms with E-state index in [1.807, 2.05) is 6.07 Å².